The first kappa shape index (κ1) is 11.6. The van der Waals surface area contributed by atoms with Gasteiger partial charge in [0.15, 0.2) is 12.0 Å². The lowest BCUT2D eigenvalue weighted by Crippen LogP contribution is -2.09. The molecular formula is C17H12ClNO. The minimum atomic E-state index is -0.132. The highest BCUT2D eigenvalue weighted by atomic mass is 35.5. The van der Waals surface area contributed by atoms with E-state index in [4.69, 9.17) is 16.3 Å². The third-order valence-corrected chi connectivity index (χ3v) is 3.79. The van der Waals surface area contributed by atoms with Crippen molar-refractivity contribution < 1.29 is 4.74 Å². The number of anilines is 1. The molecule has 4 rings (SSSR count). The topological polar surface area (TPSA) is 21.3 Å². The van der Waals surface area contributed by atoms with Crippen molar-refractivity contribution >= 4 is 28.1 Å². The summed E-state index contributed by atoms with van der Waals surface area (Å²) >= 11 is 6.04. The zero-order chi connectivity index (χ0) is 13.5. The van der Waals surface area contributed by atoms with Crippen LogP contribution >= 0.6 is 11.6 Å². The van der Waals surface area contributed by atoms with Crippen LogP contribution in [0, 0.1) is 0 Å². The average Bonchev–Trinajstić information content (AvgIpc) is 2.92. The zero-order valence-corrected chi connectivity index (χ0v) is 11.4. The molecule has 1 aliphatic rings. The summed E-state index contributed by atoms with van der Waals surface area (Å²) in [4.78, 5) is 0. The van der Waals surface area contributed by atoms with Gasteiger partial charge in [-0.15, -0.1) is 0 Å². The summed E-state index contributed by atoms with van der Waals surface area (Å²) < 4.78 is 6.09. The Kier molecular flexibility index (Phi) is 2.57. The van der Waals surface area contributed by atoms with Crippen molar-refractivity contribution in [1.82, 2.24) is 0 Å². The van der Waals surface area contributed by atoms with Gasteiger partial charge in [-0.25, -0.2) is 0 Å². The first-order chi connectivity index (χ1) is 9.81. The van der Waals surface area contributed by atoms with E-state index >= 15 is 0 Å². The highest BCUT2D eigenvalue weighted by Gasteiger charge is 2.24. The Morgan fingerprint density at radius 1 is 0.950 bits per heavy atom. The number of nitrogens with one attached hydrogen (secondary N) is 1. The second-order valence-electron chi connectivity index (χ2n) is 4.86. The Balaban J connectivity index is 1.80. The monoisotopic (exact) mass is 281 g/mol. The van der Waals surface area contributed by atoms with Gasteiger partial charge in [0.2, 0.25) is 0 Å². The molecule has 0 aromatic heterocycles. The fraction of sp³-hybridized carbons (Fsp3) is 0.0588. The van der Waals surface area contributed by atoms with Gasteiger partial charge in [0.05, 0.1) is 5.69 Å². The predicted octanol–water partition coefficient (Wildman–Crippen LogP) is 5.00. The predicted molar refractivity (Wildman–Crippen MR) is 82.4 cm³/mol. The van der Waals surface area contributed by atoms with E-state index in [9.17, 15) is 0 Å². The fourth-order valence-electron chi connectivity index (χ4n) is 2.58. The Morgan fingerprint density at radius 2 is 1.80 bits per heavy atom. The highest BCUT2D eigenvalue weighted by Crippen LogP contribution is 2.43. The van der Waals surface area contributed by atoms with Crippen LogP contribution in [0.15, 0.2) is 60.7 Å². The molecule has 0 fully saturated rings. The maximum absolute atomic E-state index is 6.09. The average molecular weight is 282 g/mol. The minimum Gasteiger partial charge on any atom is -0.464 e. The van der Waals surface area contributed by atoms with E-state index in [1.165, 1.54) is 0 Å². The molecule has 3 aromatic rings. The van der Waals surface area contributed by atoms with Crippen LogP contribution in [-0.4, -0.2) is 0 Å². The van der Waals surface area contributed by atoms with Crippen LogP contribution in [0.25, 0.3) is 10.8 Å². The molecule has 0 bridgehead atoms. The maximum Gasteiger partial charge on any atom is 0.196 e. The first-order valence-electron chi connectivity index (χ1n) is 6.52. The van der Waals surface area contributed by atoms with Gasteiger partial charge in [0.1, 0.15) is 0 Å². The summed E-state index contributed by atoms with van der Waals surface area (Å²) in [6.45, 7) is 0. The number of hydrogen-bond acceptors (Lipinski definition) is 2. The van der Waals surface area contributed by atoms with Crippen LogP contribution in [0.2, 0.25) is 5.02 Å². The molecule has 2 nitrogen and oxygen atoms in total. The van der Waals surface area contributed by atoms with Crippen LogP contribution in [0.4, 0.5) is 5.69 Å². The van der Waals surface area contributed by atoms with Gasteiger partial charge in [0.25, 0.3) is 0 Å². The van der Waals surface area contributed by atoms with Crippen LogP contribution in [0.5, 0.6) is 5.75 Å². The number of hydrogen-bond donors (Lipinski definition) is 1. The Morgan fingerprint density at radius 3 is 2.65 bits per heavy atom. The number of fused-ring (bicyclic) bond motifs is 3. The van der Waals surface area contributed by atoms with E-state index < -0.39 is 0 Å². The van der Waals surface area contributed by atoms with Crippen molar-refractivity contribution in [3.05, 3.63) is 71.2 Å². The van der Waals surface area contributed by atoms with Gasteiger partial charge in [0, 0.05) is 16.0 Å². The molecule has 98 valence electrons. The van der Waals surface area contributed by atoms with Gasteiger partial charge in [-0.3, -0.25) is 0 Å². The lowest BCUT2D eigenvalue weighted by Gasteiger charge is -2.11. The van der Waals surface area contributed by atoms with Crippen LogP contribution < -0.4 is 10.1 Å². The van der Waals surface area contributed by atoms with E-state index in [0.29, 0.717) is 0 Å². The summed E-state index contributed by atoms with van der Waals surface area (Å²) in [5, 5.41) is 6.31. The van der Waals surface area contributed by atoms with Gasteiger partial charge < -0.3 is 10.1 Å². The van der Waals surface area contributed by atoms with Crippen molar-refractivity contribution in [1.29, 1.82) is 0 Å². The van der Waals surface area contributed by atoms with Crippen molar-refractivity contribution in [2.75, 3.05) is 5.32 Å². The largest absolute Gasteiger partial charge is 0.464 e. The number of benzene rings is 3. The number of halogens is 1. The minimum absolute atomic E-state index is 0.132. The van der Waals surface area contributed by atoms with E-state index in [1.54, 1.807) is 0 Å². The quantitative estimate of drug-likeness (QED) is 0.678. The van der Waals surface area contributed by atoms with E-state index in [2.05, 4.69) is 23.5 Å². The van der Waals surface area contributed by atoms with Gasteiger partial charge in [-0.2, -0.15) is 0 Å². The molecule has 0 saturated heterocycles. The normalized spacial score (nSPS) is 16.6. The van der Waals surface area contributed by atoms with E-state index in [0.717, 1.165) is 32.8 Å². The van der Waals surface area contributed by atoms with Crippen molar-refractivity contribution in [2.24, 2.45) is 0 Å². The zero-order valence-electron chi connectivity index (χ0n) is 10.6. The van der Waals surface area contributed by atoms with Gasteiger partial charge in [-0.1, -0.05) is 48.0 Å². The molecule has 0 amide bonds. The lowest BCUT2D eigenvalue weighted by molar-refractivity contribution is 0.262. The number of rotatable bonds is 1. The molecule has 1 unspecified atom stereocenters. The summed E-state index contributed by atoms with van der Waals surface area (Å²) in [5.41, 5.74) is 2.14. The molecule has 1 aliphatic heterocycles. The first-order valence-corrected chi connectivity index (χ1v) is 6.89. The maximum atomic E-state index is 6.09. The molecule has 1 atom stereocenters. The molecule has 3 aromatic carbocycles. The Hall–Kier alpha value is -2.19. The molecule has 3 heteroatoms. The molecule has 0 saturated carbocycles. The molecule has 0 aliphatic carbocycles. The fourth-order valence-corrected chi connectivity index (χ4v) is 2.76. The van der Waals surface area contributed by atoms with Crippen molar-refractivity contribution in [3.8, 4) is 5.75 Å². The summed E-state index contributed by atoms with van der Waals surface area (Å²) in [6, 6.07) is 20.1. The summed E-state index contributed by atoms with van der Waals surface area (Å²) in [6.07, 6.45) is -0.132. The van der Waals surface area contributed by atoms with Crippen molar-refractivity contribution in [2.45, 2.75) is 6.23 Å². The van der Waals surface area contributed by atoms with Crippen LogP contribution in [-0.2, 0) is 0 Å². The highest BCUT2D eigenvalue weighted by molar-refractivity contribution is 6.31. The Labute approximate surface area is 121 Å². The molecular weight excluding hydrogens is 270 g/mol. The number of ether oxygens (including phenoxy) is 1. The third-order valence-electron chi connectivity index (χ3n) is 3.56. The standard InChI is InChI=1S/C17H12ClNO/c18-13-7-8-14-12(10-13)6-9-15-16(14)20-17(19-15)11-4-2-1-3-5-11/h1-10,17,19H. The molecule has 1 N–H and O–H groups in total. The second-order valence-corrected chi connectivity index (χ2v) is 5.30. The van der Waals surface area contributed by atoms with Gasteiger partial charge >= 0.3 is 0 Å². The van der Waals surface area contributed by atoms with E-state index in [-0.39, 0.29) is 6.23 Å². The van der Waals surface area contributed by atoms with Crippen molar-refractivity contribution in [3.63, 3.8) is 0 Å². The van der Waals surface area contributed by atoms with Crippen LogP contribution in [0.1, 0.15) is 11.8 Å². The molecule has 0 radical (unpaired) electrons. The second kappa shape index (κ2) is 4.43. The molecule has 20 heavy (non-hydrogen) atoms. The summed E-state index contributed by atoms with van der Waals surface area (Å²) in [7, 11) is 0. The lowest BCUT2D eigenvalue weighted by atomic mass is 10.1. The third kappa shape index (κ3) is 1.81. The molecule has 1 heterocycles. The smallest absolute Gasteiger partial charge is 0.196 e. The van der Waals surface area contributed by atoms with E-state index in [1.807, 2.05) is 42.5 Å². The molecule has 0 spiro atoms. The SMILES string of the molecule is Clc1ccc2c3c(ccc2c1)NC(c1ccccc1)O3. The van der Waals surface area contributed by atoms with Crippen LogP contribution in [0.3, 0.4) is 0 Å². The Bertz CT molecular complexity index is 786. The summed E-state index contributed by atoms with van der Waals surface area (Å²) in [5.74, 6) is 0.896. The van der Waals surface area contributed by atoms with Gasteiger partial charge in [-0.05, 0) is 29.7 Å².